The van der Waals surface area contributed by atoms with Crippen molar-refractivity contribution in [3.63, 3.8) is 0 Å². The fourth-order valence-corrected chi connectivity index (χ4v) is 4.13. The number of amides is 1. The standard InChI is InChI=1S/C23H31N5O3/c1-14(2)28-22-20(12-24-28)19(11-21(26-22)18-10-16(4)31-17(18)5)23(29)25-15(3)13-27-6-8-30-9-7-27/h10-12,14-15H,6-9,13H2,1-5H3,(H,25,29). The number of pyridine rings is 1. The Morgan fingerprint density at radius 3 is 2.58 bits per heavy atom. The third-order valence-corrected chi connectivity index (χ3v) is 5.63. The molecule has 8 nitrogen and oxygen atoms in total. The van der Waals surface area contributed by atoms with Crippen LogP contribution in [0, 0.1) is 13.8 Å². The van der Waals surface area contributed by atoms with Gasteiger partial charge in [-0.1, -0.05) is 0 Å². The molecular formula is C23H31N5O3. The van der Waals surface area contributed by atoms with Crippen molar-refractivity contribution < 1.29 is 13.9 Å². The lowest BCUT2D eigenvalue weighted by atomic mass is 10.1. The van der Waals surface area contributed by atoms with E-state index in [1.807, 2.05) is 37.6 Å². The van der Waals surface area contributed by atoms with Crippen LogP contribution in [-0.4, -0.2) is 64.5 Å². The molecule has 31 heavy (non-hydrogen) atoms. The van der Waals surface area contributed by atoms with E-state index in [-0.39, 0.29) is 18.0 Å². The number of nitrogens with one attached hydrogen (secondary N) is 1. The smallest absolute Gasteiger partial charge is 0.252 e. The van der Waals surface area contributed by atoms with E-state index in [2.05, 4.69) is 29.2 Å². The molecule has 8 heteroatoms. The van der Waals surface area contributed by atoms with Gasteiger partial charge in [0.15, 0.2) is 5.65 Å². The molecule has 1 aliphatic heterocycles. The maximum atomic E-state index is 13.3. The van der Waals surface area contributed by atoms with Gasteiger partial charge in [-0.25, -0.2) is 9.67 Å². The van der Waals surface area contributed by atoms with E-state index in [1.54, 1.807) is 6.20 Å². The Morgan fingerprint density at radius 1 is 1.19 bits per heavy atom. The second kappa shape index (κ2) is 8.80. The molecule has 1 N–H and O–H groups in total. The fraction of sp³-hybridized carbons (Fsp3) is 0.522. The van der Waals surface area contributed by atoms with Gasteiger partial charge in [-0.3, -0.25) is 9.69 Å². The minimum Gasteiger partial charge on any atom is -0.466 e. The maximum Gasteiger partial charge on any atom is 0.252 e. The molecule has 3 aromatic heterocycles. The van der Waals surface area contributed by atoms with Gasteiger partial charge in [0.1, 0.15) is 11.5 Å². The van der Waals surface area contributed by atoms with Gasteiger partial charge in [-0.2, -0.15) is 5.10 Å². The number of ether oxygens (including phenoxy) is 1. The molecular weight excluding hydrogens is 394 g/mol. The van der Waals surface area contributed by atoms with E-state index < -0.39 is 0 Å². The van der Waals surface area contributed by atoms with Gasteiger partial charge in [0, 0.05) is 37.3 Å². The highest BCUT2D eigenvalue weighted by Crippen LogP contribution is 2.30. The first-order valence-electron chi connectivity index (χ1n) is 10.9. The summed E-state index contributed by atoms with van der Waals surface area (Å²) in [5, 5.41) is 8.42. The van der Waals surface area contributed by atoms with E-state index in [1.165, 1.54) is 0 Å². The Morgan fingerprint density at radius 2 is 1.94 bits per heavy atom. The van der Waals surface area contributed by atoms with Crippen LogP contribution in [0.15, 0.2) is 22.7 Å². The van der Waals surface area contributed by atoms with Crippen LogP contribution in [0.25, 0.3) is 22.3 Å². The maximum absolute atomic E-state index is 13.3. The molecule has 1 fully saturated rings. The number of aryl methyl sites for hydroxylation is 2. The molecule has 0 aromatic carbocycles. The van der Waals surface area contributed by atoms with Crippen molar-refractivity contribution in [2.24, 2.45) is 0 Å². The molecule has 1 aliphatic rings. The number of rotatable bonds is 6. The monoisotopic (exact) mass is 425 g/mol. The van der Waals surface area contributed by atoms with Crippen LogP contribution in [0.1, 0.15) is 48.7 Å². The predicted molar refractivity (Wildman–Crippen MR) is 119 cm³/mol. The lowest BCUT2D eigenvalue weighted by Gasteiger charge is -2.29. The molecule has 1 unspecified atom stereocenters. The highest BCUT2D eigenvalue weighted by molar-refractivity contribution is 6.06. The summed E-state index contributed by atoms with van der Waals surface area (Å²) in [6.45, 7) is 14.0. The molecule has 0 saturated carbocycles. The first kappa shape index (κ1) is 21.5. The second-order valence-corrected chi connectivity index (χ2v) is 8.59. The molecule has 3 aromatic rings. The Hall–Kier alpha value is -2.71. The Bertz CT molecular complexity index is 1080. The van der Waals surface area contributed by atoms with E-state index in [9.17, 15) is 4.79 Å². The minimum absolute atomic E-state index is 0.00955. The lowest BCUT2D eigenvalue weighted by molar-refractivity contribution is 0.0342. The molecule has 166 valence electrons. The number of fused-ring (bicyclic) bond motifs is 1. The van der Waals surface area contributed by atoms with Gasteiger partial charge < -0.3 is 14.5 Å². The van der Waals surface area contributed by atoms with Crippen molar-refractivity contribution in [1.82, 2.24) is 25.0 Å². The van der Waals surface area contributed by atoms with Crippen molar-refractivity contribution >= 4 is 16.9 Å². The summed E-state index contributed by atoms with van der Waals surface area (Å²) in [7, 11) is 0. The summed E-state index contributed by atoms with van der Waals surface area (Å²) in [4.78, 5) is 20.5. The topological polar surface area (TPSA) is 85.4 Å². The number of nitrogens with zero attached hydrogens (tertiary/aromatic N) is 4. The molecule has 4 rings (SSSR count). The van der Waals surface area contributed by atoms with E-state index in [4.69, 9.17) is 14.1 Å². The number of morpholine rings is 1. The third-order valence-electron chi connectivity index (χ3n) is 5.63. The molecule has 0 aliphatic carbocycles. The molecule has 0 radical (unpaired) electrons. The first-order valence-corrected chi connectivity index (χ1v) is 10.9. The Labute approximate surface area is 182 Å². The minimum atomic E-state index is -0.115. The third kappa shape index (κ3) is 4.50. The van der Waals surface area contributed by atoms with Crippen LogP contribution in [0.3, 0.4) is 0 Å². The van der Waals surface area contributed by atoms with Gasteiger partial charge in [0.25, 0.3) is 5.91 Å². The van der Waals surface area contributed by atoms with Crippen molar-refractivity contribution in [3.8, 4) is 11.3 Å². The SMILES string of the molecule is Cc1cc(-c2cc(C(=O)NC(C)CN3CCOCC3)c3cnn(C(C)C)c3n2)c(C)o1. The summed E-state index contributed by atoms with van der Waals surface area (Å²) in [5.74, 6) is 1.49. The van der Waals surface area contributed by atoms with Gasteiger partial charge in [-0.05, 0) is 46.8 Å². The summed E-state index contributed by atoms with van der Waals surface area (Å²) < 4.78 is 13.0. The number of hydrogen-bond donors (Lipinski definition) is 1. The van der Waals surface area contributed by atoms with E-state index in [0.29, 0.717) is 11.2 Å². The van der Waals surface area contributed by atoms with Crippen LogP contribution in [0.4, 0.5) is 0 Å². The number of hydrogen-bond acceptors (Lipinski definition) is 6. The molecule has 0 spiro atoms. The molecule has 4 heterocycles. The number of furan rings is 1. The van der Waals surface area contributed by atoms with Crippen LogP contribution in [0.2, 0.25) is 0 Å². The van der Waals surface area contributed by atoms with Crippen LogP contribution < -0.4 is 5.32 Å². The molecule has 0 bridgehead atoms. The zero-order valence-corrected chi connectivity index (χ0v) is 18.9. The summed E-state index contributed by atoms with van der Waals surface area (Å²) in [6.07, 6.45) is 1.74. The molecule has 1 atom stereocenters. The number of carbonyl (C=O) groups excluding carboxylic acids is 1. The molecule has 1 saturated heterocycles. The quantitative estimate of drug-likeness (QED) is 0.652. The van der Waals surface area contributed by atoms with Crippen LogP contribution in [-0.2, 0) is 4.74 Å². The van der Waals surface area contributed by atoms with Crippen molar-refractivity contribution in [1.29, 1.82) is 0 Å². The summed E-state index contributed by atoms with van der Waals surface area (Å²) >= 11 is 0. The average Bonchev–Trinajstić information content (AvgIpc) is 3.30. The summed E-state index contributed by atoms with van der Waals surface area (Å²) in [5.41, 5.74) is 2.90. The first-order chi connectivity index (χ1) is 14.8. The predicted octanol–water partition coefficient (Wildman–Crippen LogP) is 3.34. The Balaban J connectivity index is 1.68. The van der Waals surface area contributed by atoms with E-state index in [0.717, 1.165) is 61.0 Å². The van der Waals surface area contributed by atoms with Gasteiger partial charge >= 0.3 is 0 Å². The largest absolute Gasteiger partial charge is 0.466 e. The van der Waals surface area contributed by atoms with Crippen molar-refractivity contribution in [3.05, 3.63) is 35.4 Å². The van der Waals surface area contributed by atoms with E-state index >= 15 is 0 Å². The Kier molecular flexibility index (Phi) is 6.11. The van der Waals surface area contributed by atoms with Crippen LogP contribution >= 0.6 is 0 Å². The normalized spacial score (nSPS) is 16.2. The lowest BCUT2D eigenvalue weighted by Crippen LogP contribution is -2.46. The van der Waals surface area contributed by atoms with Gasteiger partial charge in [0.2, 0.25) is 0 Å². The van der Waals surface area contributed by atoms with Crippen molar-refractivity contribution in [2.75, 3.05) is 32.8 Å². The van der Waals surface area contributed by atoms with Gasteiger partial charge in [0.05, 0.1) is 36.1 Å². The van der Waals surface area contributed by atoms with Gasteiger partial charge in [-0.15, -0.1) is 0 Å². The van der Waals surface area contributed by atoms with Crippen molar-refractivity contribution in [2.45, 2.75) is 46.7 Å². The highest BCUT2D eigenvalue weighted by atomic mass is 16.5. The molecule has 1 amide bonds. The fourth-order valence-electron chi connectivity index (χ4n) is 4.13. The zero-order chi connectivity index (χ0) is 22.1. The number of aromatic nitrogens is 3. The van der Waals surface area contributed by atoms with Crippen LogP contribution in [0.5, 0.6) is 0 Å². The number of carbonyl (C=O) groups is 1. The second-order valence-electron chi connectivity index (χ2n) is 8.59. The average molecular weight is 426 g/mol. The summed E-state index contributed by atoms with van der Waals surface area (Å²) in [6, 6.07) is 3.95. The highest BCUT2D eigenvalue weighted by Gasteiger charge is 2.22. The zero-order valence-electron chi connectivity index (χ0n) is 18.9.